The molecule has 0 aliphatic heterocycles. The van der Waals surface area contributed by atoms with Crippen LogP contribution in [-0.2, 0) is 4.79 Å². The Hall–Kier alpha value is -4.25. The fourth-order valence-corrected chi connectivity index (χ4v) is 4.56. The number of thioether (sulfide) groups is 1. The number of anilines is 1. The summed E-state index contributed by atoms with van der Waals surface area (Å²) >= 11 is 1.09. The quantitative estimate of drug-likeness (QED) is 0.293. The highest BCUT2D eigenvalue weighted by molar-refractivity contribution is 7.99. The number of amides is 1. The topological polar surface area (TPSA) is 138 Å². The van der Waals surface area contributed by atoms with E-state index in [4.69, 9.17) is 5.84 Å². The molecule has 3 N–H and O–H groups in total. The molecule has 2 heterocycles. The molecule has 0 saturated carbocycles. The Kier molecular flexibility index (Phi) is 5.25. The molecule has 0 unspecified atom stereocenters. The van der Waals surface area contributed by atoms with Gasteiger partial charge < -0.3 is 11.2 Å². The van der Waals surface area contributed by atoms with Gasteiger partial charge in [0.1, 0.15) is 0 Å². The van der Waals surface area contributed by atoms with Gasteiger partial charge in [0.15, 0.2) is 11.6 Å². The first kappa shape index (κ1) is 21.6. The third kappa shape index (κ3) is 3.55. The van der Waals surface area contributed by atoms with Crippen LogP contribution in [0.5, 0.6) is 0 Å². The number of nitrogen functional groups attached to an aromatic ring is 1. The van der Waals surface area contributed by atoms with Crippen LogP contribution in [0, 0.1) is 13.8 Å². The van der Waals surface area contributed by atoms with Gasteiger partial charge in [-0.3, -0.25) is 14.4 Å². The number of carbonyl (C=O) groups excluding carboxylic acids is 3. The van der Waals surface area contributed by atoms with Gasteiger partial charge in [-0.25, -0.2) is 9.36 Å². The molecule has 1 amide bonds. The molecule has 4 aromatic rings. The highest BCUT2D eigenvalue weighted by Crippen LogP contribution is 2.32. The Morgan fingerprint density at radius 1 is 1.00 bits per heavy atom. The van der Waals surface area contributed by atoms with Crippen LogP contribution < -0.4 is 11.2 Å². The molecule has 170 valence electrons. The molecule has 0 spiro atoms. The first-order valence-electron chi connectivity index (χ1n) is 10.3. The van der Waals surface area contributed by atoms with Crippen LogP contribution in [0.15, 0.2) is 53.7 Å². The first-order chi connectivity index (χ1) is 16.3. The lowest BCUT2D eigenvalue weighted by atomic mass is 9.83. The van der Waals surface area contributed by atoms with E-state index >= 15 is 0 Å². The fourth-order valence-electron chi connectivity index (χ4n) is 3.91. The van der Waals surface area contributed by atoms with Gasteiger partial charge in [0, 0.05) is 22.4 Å². The standard InChI is InChI=1S/C23H19N7O3S/c1-12-10-13(2)30(28-12)22-26-27-23(29(22)24)34-11-18(31)25-17-9-5-8-16-19(17)21(33)15-7-4-3-6-14(15)20(16)32/h3-10H,11,24H2,1-2H3,(H,25,31). The van der Waals surface area contributed by atoms with Gasteiger partial charge >= 0.3 is 0 Å². The molecule has 0 radical (unpaired) electrons. The number of nitrogens with zero attached hydrogens (tertiary/aromatic N) is 5. The fraction of sp³-hybridized carbons (Fsp3) is 0.130. The monoisotopic (exact) mass is 473 g/mol. The summed E-state index contributed by atoms with van der Waals surface area (Å²) in [5.41, 5.74) is 3.09. The number of ketones is 2. The van der Waals surface area contributed by atoms with Crippen molar-refractivity contribution in [1.29, 1.82) is 0 Å². The molecule has 0 bridgehead atoms. The smallest absolute Gasteiger partial charge is 0.271 e. The van der Waals surface area contributed by atoms with E-state index in [1.54, 1.807) is 47.1 Å². The minimum Gasteiger partial charge on any atom is -0.334 e. The van der Waals surface area contributed by atoms with Crippen molar-refractivity contribution in [2.75, 3.05) is 16.9 Å². The summed E-state index contributed by atoms with van der Waals surface area (Å²) in [7, 11) is 0. The van der Waals surface area contributed by atoms with Crippen LogP contribution in [0.2, 0.25) is 0 Å². The predicted octanol–water partition coefficient (Wildman–Crippen LogP) is 2.30. The van der Waals surface area contributed by atoms with E-state index in [0.717, 1.165) is 23.1 Å². The second kappa shape index (κ2) is 8.27. The zero-order valence-corrected chi connectivity index (χ0v) is 19.1. The van der Waals surface area contributed by atoms with Crippen LogP contribution in [0.25, 0.3) is 5.95 Å². The molecule has 2 aromatic heterocycles. The van der Waals surface area contributed by atoms with Crippen LogP contribution in [-0.4, -0.2) is 47.9 Å². The first-order valence-corrected chi connectivity index (χ1v) is 11.3. The van der Waals surface area contributed by atoms with Gasteiger partial charge in [-0.15, -0.1) is 10.2 Å². The molecule has 1 aliphatic rings. The van der Waals surface area contributed by atoms with Crippen molar-refractivity contribution in [3.63, 3.8) is 0 Å². The molecule has 0 fully saturated rings. The predicted molar refractivity (Wildman–Crippen MR) is 126 cm³/mol. The number of carbonyl (C=O) groups is 3. The lowest BCUT2D eigenvalue weighted by Gasteiger charge is -2.20. The van der Waals surface area contributed by atoms with E-state index in [0.29, 0.717) is 22.2 Å². The van der Waals surface area contributed by atoms with Crippen molar-refractivity contribution in [2.24, 2.45) is 0 Å². The SMILES string of the molecule is Cc1cc(C)n(-c2nnc(SCC(=O)Nc3cccc4c3C(=O)c3ccccc3C4=O)n2N)n1. The zero-order chi connectivity index (χ0) is 24.0. The van der Waals surface area contributed by atoms with Crippen LogP contribution >= 0.6 is 11.8 Å². The number of rotatable bonds is 5. The van der Waals surface area contributed by atoms with Crippen molar-refractivity contribution >= 4 is 34.9 Å². The minimum absolute atomic E-state index is 0.0329. The molecular formula is C23H19N7O3S. The summed E-state index contributed by atoms with van der Waals surface area (Å²) in [6.07, 6.45) is 0. The summed E-state index contributed by atoms with van der Waals surface area (Å²) in [5.74, 6) is 5.48. The third-order valence-corrected chi connectivity index (χ3v) is 6.35. The van der Waals surface area contributed by atoms with E-state index in [-0.39, 0.29) is 40.0 Å². The maximum Gasteiger partial charge on any atom is 0.271 e. The number of nitrogens with two attached hydrogens (primary N) is 1. The Balaban J connectivity index is 1.34. The number of nitrogens with one attached hydrogen (secondary N) is 1. The summed E-state index contributed by atoms with van der Waals surface area (Å²) in [6, 6.07) is 13.4. The Labute approximate surface area is 198 Å². The Morgan fingerprint density at radius 3 is 2.41 bits per heavy atom. The summed E-state index contributed by atoms with van der Waals surface area (Å²) in [5, 5.41) is 15.5. The summed E-state index contributed by atoms with van der Waals surface area (Å²) in [6.45, 7) is 3.74. The number of hydrogen-bond acceptors (Lipinski definition) is 8. The summed E-state index contributed by atoms with van der Waals surface area (Å²) < 4.78 is 2.84. The molecule has 5 rings (SSSR count). The van der Waals surface area contributed by atoms with E-state index in [1.807, 2.05) is 19.9 Å². The highest BCUT2D eigenvalue weighted by atomic mass is 32.2. The van der Waals surface area contributed by atoms with Gasteiger partial charge in [0.05, 0.1) is 22.7 Å². The third-order valence-electron chi connectivity index (χ3n) is 5.40. The van der Waals surface area contributed by atoms with E-state index in [2.05, 4.69) is 20.6 Å². The van der Waals surface area contributed by atoms with Crippen molar-refractivity contribution in [1.82, 2.24) is 24.7 Å². The average molecular weight is 474 g/mol. The van der Waals surface area contributed by atoms with Crippen molar-refractivity contribution in [2.45, 2.75) is 19.0 Å². The van der Waals surface area contributed by atoms with E-state index in [9.17, 15) is 14.4 Å². The molecule has 2 aromatic carbocycles. The van der Waals surface area contributed by atoms with Gasteiger partial charge in [-0.2, -0.15) is 5.10 Å². The second-order valence-electron chi connectivity index (χ2n) is 7.76. The maximum absolute atomic E-state index is 13.1. The Morgan fingerprint density at radius 2 is 1.71 bits per heavy atom. The number of hydrogen-bond donors (Lipinski definition) is 2. The van der Waals surface area contributed by atoms with Gasteiger partial charge in [-0.05, 0) is 26.0 Å². The maximum atomic E-state index is 13.1. The molecule has 1 aliphatic carbocycles. The van der Waals surface area contributed by atoms with Gasteiger partial charge in [0.2, 0.25) is 11.1 Å². The highest BCUT2D eigenvalue weighted by Gasteiger charge is 2.31. The second-order valence-corrected chi connectivity index (χ2v) is 8.70. The zero-order valence-electron chi connectivity index (χ0n) is 18.3. The van der Waals surface area contributed by atoms with Crippen molar-refractivity contribution in [3.8, 4) is 5.95 Å². The van der Waals surface area contributed by atoms with Crippen LogP contribution in [0.1, 0.15) is 43.2 Å². The summed E-state index contributed by atoms with van der Waals surface area (Å²) in [4.78, 5) is 38.7. The van der Waals surface area contributed by atoms with E-state index < -0.39 is 0 Å². The van der Waals surface area contributed by atoms with Crippen LogP contribution in [0.4, 0.5) is 5.69 Å². The lowest BCUT2D eigenvalue weighted by Crippen LogP contribution is -2.24. The average Bonchev–Trinajstić information content (AvgIpc) is 3.36. The molecule has 0 atom stereocenters. The largest absolute Gasteiger partial charge is 0.334 e. The molecule has 0 saturated heterocycles. The number of aryl methyl sites for hydroxylation is 2. The number of aromatic nitrogens is 5. The molecular weight excluding hydrogens is 454 g/mol. The minimum atomic E-state index is -0.381. The Bertz CT molecular complexity index is 1490. The molecule has 10 nitrogen and oxygen atoms in total. The molecule has 34 heavy (non-hydrogen) atoms. The lowest BCUT2D eigenvalue weighted by molar-refractivity contribution is -0.113. The van der Waals surface area contributed by atoms with Crippen molar-refractivity contribution < 1.29 is 14.4 Å². The van der Waals surface area contributed by atoms with Gasteiger partial charge in [0.25, 0.3) is 5.95 Å². The van der Waals surface area contributed by atoms with Gasteiger partial charge in [-0.1, -0.05) is 48.2 Å². The number of fused-ring (bicyclic) bond motifs is 2. The molecule has 11 heteroatoms. The van der Waals surface area contributed by atoms with E-state index in [1.165, 1.54) is 4.68 Å². The van der Waals surface area contributed by atoms with Crippen LogP contribution in [0.3, 0.4) is 0 Å². The van der Waals surface area contributed by atoms with Crippen molar-refractivity contribution in [3.05, 3.63) is 82.2 Å². The normalized spacial score (nSPS) is 12.4. The number of benzene rings is 2.